The van der Waals surface area contributed by atoms with Crippen molar-refractivity contribution in [2.75, 3.05) is 13.2 Å². The summed E-state index contributed by atoms with van der Waals surface area (Å²) in [5.41, 5.74) is -0.239. The molecule has 0 amide bonds. The third kappa shape index (κ3) is 3.98. The topological polar surface area (TPSA) is 38.3 Å². The highest BCUT2D eigenvalue weighted by molar-refractivity contribution is 5.81. The summed E-state index contributed by atoms with van der Waals surface area (Å²) >= 11 is 0. The van der Waals surface area contributed by atoms with Crippen LogP contribution in [0.3, 0.4) is 0 Å². The van der Waals surface area contributed by atoms with E-state index in [0.29, 0.717) is 12.5 Å². The van der Waals surface area contributed by atoms with E-state index in [0.717, 1.165) is 25.8 Å². The number of nitrogens with one attached hydrogen (secondary N) is 1. The zero-order valence-electron chi connectivity index (χ0n) is 12.6. The minimum Gasteiger partial charge on any atom is -0.465 e. The molecule has 1 atom stereocenters. The maximum atomic E-state index is 12.3. The monoisotopic (exact) mass is 255 g/mol. The van der Waals surface area contributed by atoms with Gasteiger partial charge in [-0.25, -0.2) is 0 Å². The molecule has 0 aromatic rings. The zero-order valence-corrected chi connectivity index (χ0v) is 12.6. The highest BCUT2D eigenvalue weighted by atomic mass is 16.5. The van der Waals surface area contributed by atoms with Crippen LogP contribution < -0.4 is 5.32 Å². The molecule has 1 unspecified atom stereocenters. The van der Waals surface area contributed by atoms with Crippen molar-refractivity contribution in [3.63, 3.8) is 0 Å². The molecule has 0 saturated heterocycles. The van der Waals surface area contributed by atoms with E-state index >= 15 is 0 Å². The molecule has 1 aliphatic carbocycles. The second-order valence-electron chi connectivity index (χ2n) is 6.77. The van der Waals surface area contributed by atoms with Crippen molar-refractivity contribution in [2.45, 2.75) is 65.8 Å². The van der Waals surface area contributed by atoms with Crippen molar-refractivity contribution in [2.24, 2.45) is 11.3 Å². The lowest BCUT2D eigenvalue weighted by molar-refractivity contribution is -0.154. The normalized spacial score (nSPS) is 27.2. The van der Waals surface area contributed by atoms with Gasteiger partial charge in [-0.2, -0.15) is 0 Å². The predicted octanol–water partition coefficient (Wildman–Crippen LogP) is 3.13. The molecule has 0 aliphatic heterocycles. The molecule has 0 spiro atoms. The van der Waals surface area contributed by atoms with Crippen LogP contribution in [0.1, 0.15) is 60.3 Å². The van der Waals surface area contributed by atoms with Gasteiger partial charge in [0, 0.05) is 0 Å². The number of carbonyl (C=O) groups excluding carboxylic acids is 1. The number of hydrogen-bond donors (Lipinski definition) is 1. The maximum Gasteiger partial charge on any atom is 0.326 e. The van der Waals surface area contributed by atoms with Gasteiger partial charge in [-0.15, -0.1) is 0 Å². The molecule has 0 bridgehead atoms. The molecular weight excluding hydrogens is 226 g/mol. The van der Waals surface area contributed by atoms with Gasteiger partial charge in [0.25, 0.3) is 0 Å². The summed E-state index contributed by atoms with van der Waals surface area (Å²) in [5, 5.41) is 3.50. The van der Waals surface area contributed by atoms with Gasteiger partial charge in [0.1, 0.15) is 5.54 Å². The van der Waals surface area contributed by atoms with E-state index < -0.39 is 5.54 Å². The molecule has 0 radical (unpaired) electrons. The van der Waals surface area contributed by atoms with Crippen LogP contribution in [0.25, 0.3) is 0 Å². The Kier molecular flexibility index (Phi) is 5.20. The summed E-state index contributed by atoms with van der Waals surface area (Å²) in [6.45, 7) is 12.0. The van der Waals surface area contributed by atoms with E-state index in [9.17, 15) is 4.79 Å². The molecule has 0 aromatic carbocycles. The summed E-state index contributed by atoms with van der Waals surface area (Å²) in [4.78, 5) is 12.3. The van der Waals surface area contributed by atoms with Crippen LogP contribution in [0.5, 0.6) is 0 Å². The predicted molar refractivity (Wildman–Crippen MR) is 74.5 cm³/mol. The molecule has 1 aliphatic rings. The fraction of sp³-hybridized carbons (Fsp3) is 0.933. The molecule has 1 N–H and O–H groups in total. The van der Waals surface area contributed by atoms with Crippen molar-refractivity contribution in [1.82, 2.24) is 5.32 Å². The summed E-state index contributed by atoms with van der Waals surface area (Å²) in [5.74, 6) is 0.486. The molecule has 18 heavy (non-hydrogen) atoms. The van der Waals surface area contributed by atoms with Crippen LogP contribution in [-0.4, -0.2) is 24.7 Å². The third-order valence-electron chi connectivity index (χ3n) is 3.75. The summed E-state index contributed by atoms with van der Waals surface area (Å²) in [7, 11) is 0. The zero-order chi connectivity index (χ0) is 13.8. The van der Waals surface area contributed by atoms with Gasteiger partial charge in [0.2, 0.25) is 0 Å². The van der Waals surface area contributed by atoms with Crippen LogP contribution in [-0.2, 0) is 9.53 Å². The fourth-order valence-electron chi connectivity index (χ4n) is 2.93. The first-order chi connectivity index (χ1) is 8.31. The van der Waals surface area contributed by atoms with E-state index in [1.165, 1.54) is 6.42 Å². The third-order valence-corrected chi connectivity index (χ3v) is 3.75. The minimum absolute atomic E-state index is 0.0570. The van der Waals surface area contributed by atoms with Crippen LogP contribution in [0.4, 0.5) is 0 Å². The standard InChI is InChI=1S/C15H29NO2/c1-6-18-13(17)15(16-10-12(2)3)9-7-8-14(4,5)11-15/h12,16H,6-11H2,1-5H3. The van der Waals surface area contributed by atoms with Crippen molar-refractivity contribution in [1.29, 1.82) is 0 Å². The smallest absolute Gasteiger partial charge is 0.326 e. The average Bonchev–Trinajstić information content (AvgIpc) is 2.25. The molecule has 3 heteroatoms. The Morgan fingerprint density at radius 3 is 2.50 bits per heavy atom. The molecule has 0 heterocycles. The van der Waals surface area contributed by atoms with Crippen LogP contribution in [0.2, 0.25) is 0 Å². The Balaban J connectivity index is 2.82. The van der Waals surface area contributed by atoms with Gasteiger partial charge in [-0.3, -0.25) is 4.79 Å². The van der Waals surface area contributed by atoms with Crippen molar-refractivity contribution < 1.29 is 9.53 Å². The Labute approximate surface area is 112 Å². The second kappa shape index (κ2) is 6.05. The largest absolute Gasteiger partial charge is 0.465 e. The first kappa shape index (κ1) is 15.5. The Morgan fingerprint density at radius 1 is 1.33 bits per heavy atom. The summed E-state index contributed by atoms with van der Waals surface area (Å²) in [6.07, 6.45) is 4.07. The molecule has 3 nitrogen and oxygen atoms in total. The van der Waals surface area contributed by atoms with Gasteiger partial charge in [0.05, 0.1) is 6.61 Å². The highest BCUT2D eigenvalue weighted by Gasteiger charge is 2.46. The van der Waals surface area contributed by atoms with Crippen molar-refractivity contribution in [3.8, 4) is 0 Å². The first-order valence-corrected chi connectivity index (χ1v) is 7.23. The fourth-order valence-corrected chi connectivity index (χ4v) is 2.93. The van der Waals surface area contributed by atoms with Gasteiger partial charge in [0.15, 0.2) is 0 Å². The van der Waals surface area contributed by atoms with E-state index in [1.807, 2.05) is 6.92 Å². The van der Waals surface area contributed by atoms with Crippen LogP contribution in [0, 0.1) is 11.3 Å². The van der Waals surface area contributed by atoms with Crippen molar-refractivity contribution in [3.05, 3.63) is 0 Å². The number of ether oxygens (including phenoxy) is 1. The Bertz CT molecular complexity index is 286. The quantitative estimate of drug-likeness (QED) is 0.767. The maximum absolute atomic E-state index is 12.3. The van der Waals surface area contributed by atoms with Crippen LogP contribution in [0.15, 0.2) is 0 Å². The van der Waals surface area contributed by atoms with E-state index in [-0.39, 0.29) is 11.4 Å². The number of rotatable bonds is 5. The molecule has 1 saturated carbocycles. The average molecular weight is 255 g/mol. The van der Waals surface area contributed by atoms with Crippen LogP contribution >= 0.6 is 0 Å². The summed E-state index contributed by atoms with van der Waals surface area (Å²) < 4.78 is 5.31. The van der Waals surface area contributed by atoms with Gasteiger partial charge in [-0.05, 0) is 44.1 Å². The molecule has 0 aromatic heterocycles. The number of hydrogen-bond acceptors (Lipinski definition) is 3. The lowest BCUT2D eigenvalue weighted by Crippen LogP contribution is -2.57. The SMILES string of the molecule is CCOC(=O)C1(NCC(C)C)CCCC(C)(C)C1. The van der Waals surface area contributed by atoms with E-state index in [4.69, 9.17) is 4.74 Å². The molecule has 1 rings (SSSR count). The van der Waals surface area contributed by atoms with Crippen molar-refractivity contribution >= 4 is 5.97 Å². The first-order valence-electron chi connectivity index (χ1n) is 7.23. The lowest BCUT2D eigenvalue weighted by Gasteiger charge is -2.44. The Hall–Kier alpha value is -0.570. The molecular formula is C15H29NO2. The molecule has 1 fully saturated rings. The lowest BCUT2D eigenvalue weighted by atomic mass is 9.68. The number of carbonyl (C=O) groups is 1. The summed E-state index contributed by atoms with van der Waals surface area (Å²) in [6, 6.07) is 0. The Morgan fingerprint density at radius 2 is 2.00 bits per heavy atom. The van der Waals surface area contributed by atoms with Gasteiger partial charge in [-0.1, -0.05) is 34.1 Å². The molecule has 106 valence electrons. The number of esters is 1. The van der Waals surface area contributed by atoms with E-state index in [1.54, 1.807) is 0 Å². The highest BCUT2D eigenvalue weighted by Crippen LogP contribution is 2.41. The minimum atomic E-state index is -0.456. The van der Waals surface area contributed by atoms with Gasteiger partial charge < -0.3 is 10.1 Å². The second-order valence-corrected chi connectivity index (χ2v) is 6.77. The van der Waals surface area contributed by atoms with E-state index in [2.05, 4.69) is 33.0 Å². The van der Waals surface area contributed by atoms with Gasteiger partial charge >= 0.3 is 5.97 Å².